The number of allylic oxidation sites excluding steroid dienone is 3. The fourth-order valence-electron chi connectivity index (χ4n) is 5.08. The van der Waals surface area contributed by atoms with Crippen LogP contribution in [0.5, 0.6) is 23.0 Å². The third kappa shape index (κ3) is 4.51. The number of hydrogen-bond acceptors (Lipinski definition) is 8. The normalized spacial score (nSPS) is 19.4. The van der Waals surface area contributed by atoms with Crippen LogP contribution in [-0.4, -0.2) is 44.8 Å². The zero-order valence-electron chi connectivity index (χ0n) is 21.1. The number of methoxy groups -OCH3 is 3. The maximum Gasteiger partial charge on any atom is 0.336 e. The minimum atomic E-state index is -0.670. The molecule has 2 N–H and O–H groups in total. The lowest BCUT2D eigenvalue weighted by Gasteiger charge is -2.36. The van der Waals surface area contributed by atoms with Crippen LogP contribution in [0.4, 0.5) is 0 Å². The van der Waals surface area contributed by atoms with Gasteiger partial charge in [0.15, 0.2) is 28.8 Å². The number of carbonyl (C=O) groups excluding carboxylic acids is 2. The van der Waals surface area contributed by atoms with Crippen molar-refractivity contribution in [2.45, 2.75) is 38.5 Å². The summed E-state index contributed by atoms with van der Waals surface area (Å²) < 4.78 is 21.3. The van der Waals surface area contributed by atoms with Crippen LogP contribution in [0.1, 0.15) is 49.7 Å². The zero-order chi connectivity index (χ0) is 26.0. The van der Waals surface area contributed by atoms with Gasteiger partial charge in [-0.25, -0.2) is 4.79 Å². The van der Waals surface area contributed by atoms with E-state index in [1.165, 1.54) is 7.11 Å². The number of dihydropyridines is 1. The van der Waals surface area contributed by atoms with E-state index in [-0.39, 0.29) is 30.5 Å². The monoisotopic (exact) mass is 493 g/mol. The van der Waals surface area contributed by atoms with Crippen molar-refractivity contribution in [3.05, 3.63) is 70.1 Å². The van der Waals surface area contributed by atoms with E-state index in [1.807, 2.05) is 18.2 Å². The predicted molar refractivity (Wildman–Crippen MR) is 133 cm³/mol. The fraction of sp³-hybridized carbons (Fsp3) is 0.357. The number of phenols is 1. The van der Waals surface area contributed by atoms with E-state index in [4.69, 9.17) is 18.9 Å². The van der Waals surface area contributed by atoms with Crippen LogP contribution in [0.3, 0.4) is 0 Å². The van der Waals surface area contributed by atoms with Gasteiger partial charge < -0.3 is 29.4 Å². The Balaban J connectivity index is 1.79. The number of phenolic OH excluding ortho intramolecular Hbond substituents is 1. The van der Waals surface area contributed by atoms with Crippen LogP contribution < -0.4 is 19.5 Å². The van der Waals surface area contributed by atoms with Crippen molar-refractivity contribution in [1.29, 1.82) is 0 Å². The van der Waals surface area contributed by atoms with Gasteiger partial charge in [-0.3, -0.25) is 4.79 Å². The summed E-state index contributed by atoms with van der Waals surface area (Å²) in [6.07, 6.45) is 0.840. The van der Waals surface area contributed by atoms with Crippen molar-refractivity contribution in [2.24, 2.45) is 0 Å². The summed E-state index contributed by atoms with van der Waals surface area (Å²) in [6.45, 7) is 3.75. The molecular formula is C28H31NO7. The number of ether oxygens (including phenoxy) is 4. The maximum absolute atomic E-state index is 13.7. The van der Waals surface area contributed by atoms with Crippen LogP contribution >= 0.6 is 0 Å². The lowest BCUT2D eigenvalue weighted by Crippen LogP contribution is -2.36. The summed E-state index contributed by atoms with van der Waals surface area (Å²) in [5.74, 6) is 0.151. The second kappa shape index (κ2) is 10.4. The number of nitrogens with one attached hydrogen (secondary N) is 1. The summed E-state index contributed by atoms with van der Waals surface area (Å²) in [4.78, 5) is 26.7. The number of ketones is 1. The molecule has 2 aromatic rings. The Bertz CT molecular complexity index is 1260. The second-order valence-corrected chi connectivity index (χ2v) is 8.78. The third-order valence-electron chi connectivity index (χ3n) is 6.74. The molecule has 0 amide bonds. The Hall–Kier alpha value is -3.94. The van der Waals surface area contributed by atoms with Gasteiger partial charge in [0, 0.05) is 29.3 Å². The first-order chi connectivity index (χ1) is 17.3. The lowest BCUT2D eigenvalue weighted by molar-refractivity contribution is -0.138. The molecule has 2 aromatic carbocycles. The van der Waals surface area contributed by atoms with Gasteiger partial charge in [-0.05, 0) is 61.6 Å². The van der Waals surface area contributed by atoms with Crippen molar-refractivity contribution in [1.82, 2.24) is 5.32 Å². The average molecular weight is 494 g/mol. The van der Waals surface area contributed by atoms with Gasteiger partial charge in [0.05, 0.1) is 33.5 Å². The molecule has 8 nitrogen and oxygen atoms in total. The SMILES string of the molecule is CCOC(=O)C1=C(C)NC2=C(C(=O)C[C@H](c3ccc(OC)c(OC)c3)C2)[C@@H]1c1ccc(OC)c(O)c1. The molecule has 0 aromatic heterocycles. The molecule has 0 bridgehead atoms. The molecule has 1 aliphatic heterocycles. The summed E-state index contributed by atoms with van der Waals surface area (Å²) >= 11 is 0. The Labute approximate surface area is 210 Å². The highest BCUT2D eigenvalue weighted by Crippen LogP contribution is 2.47. The van der Waals surface area contributed by atoms with Gasteiger partial charge >= 0.3 is 5.97 Å². The summed E-state index contributed by atoms with van der Waals surface area (Å²) in [6, 6.07) is 10.6. The molecule has 2 atom stereocenters. The molecule has 0 unspecified atom stereocenters. The topological polar surface area (TPSA) is 103 Å². The van der Waals surface area contributed by atoms with E-state index in [2.05, 4.69) is 5.32 Å². The Morgan fingerprint density at radius 1 is 0.972 bits per heavy atom. The number of benzene rings is 2. The van der Waals surface area contributed by atoms with E-state index < -0.39 is 11.9 Å². The zero-order valence-corrected chi connectivity index (χ0v) is 21.1. The Kier molecular flexibility index (Phi) is 7.24. The number of hydrogen-bond donors (Lipinski definition) is 2. The molecule has 8 heteroatoms. The number of Topliss-reactive ketones (excluding diaryl/α,β-unsaturated/α-hetero) is 1. The highest BCUT2D eigenvalue weighted by Gasteiger charge is 2.41. The van der Waals surface area contributed by atoms with Crippen molar-refractivity contribution in [3.63, 3.8) is 0 Å². The molecule has 0 spiro atoms. The van der Waals surface area contributed by atoms with Gasteiger partial charge in [0.2, 0.25) is 0 Å². The number of carbonyl (C=O) groups is 2. The van der Waals surface area contributed by atoms with Crippen molar-refractivity contribution in [2.75, 3.05) is 27.9 Å². The molecule has 0 saturated heterocycles. The van der Waals surface area contributed by atoms with E-state index >= 15 is 0 Å². The molecule has 1 heterocycles. The van der Waals surface area contributed by atoms with Gasteiger partial charge in [0.25, 0.3) is 0 Å². The molecule has 0 fully saturated rings. The number of rotatable bonds is 7. The van der Waals surface area contributed by atoms with Crippen LogP contribution in [0, 0.1) is 0 Å². The molecule has 36 heavy (non-hydrogen) atoms. The highest BCUT2D eigenvalue weighted by molar-refractivity contribution is 6.04. The van der Waals surface area contributed by atoms with E-state index in [1.54, 1.807) is 46.3 Å². The first-order valence-corrected chi connectivity index (χ1v) is 11.8. The Morgan fingerprint density at radius 2 is 1.64 bits per heavy atom. The standard InChI is InChI=1S/C28H31NO7/c1-6-36-28(32)25-15(2)29-19-11-18(16-7-10-23(34-4)24(14-16)35-5)13-21(31)27(19)26(25)17-8-9-22(33-3)20(30)12-17/h7-10,12,14,18,26,29-30H,6,11,13H2,1-5H3/t18-,26-/m1/s1. The van der Waals surface area contributed by atoms with Crippen LogP contribution in [-0.2, 0) is 14.3 Å². The highest BCUT2D eigenvalue weighted by atomic mass is 16.5. The van der Waals surface area contributed by atoms with Crippen molar-refractivity contribution >= 4 is 11.8 Å². The molecule has 2 aliphatic rings. The molecule has 0 radical (unpaired) electrons. The van der Waals surface area contributed by atoms with Crippen LogP contribution in [0.2, 0.25) is 0 Å². The molecule has 0 saturated carbocycles. The van der Waals surface area contributed by atoms with Crippen molar-refractivity contribution < 1.29 is 33.6 Å². The van der Waals surface area contributed by atoms with Gasteiger partial charge in [-0.1, -0.05) is 12.1 Å². The number of aromatic hydroxyl groups is 1. The summed E-state index contributed by atoms with van der Waals surface area (Å²) in [5.41, 5.74) is 3.83. The van der Waals surface area contributed by atoms with Gasteiger partial charge in [0.1, 0.15) is 0 Å². The quantitative estimate of drug-likeness (QED) is 0.549. The number of esters is 1. The first-order valence-electron chi connectivity index (χ1n) is 11.8. The predicted octanol–water partition coefficient (Wildman–Crippen LogP) is 4.34. The largest absolute Gasteiger partial charge is 0.504 e. The third-order valence-corrected chi connectivity index (χ3v) is 6.74. The van der Waals surface area contributed by atoms with E-state index in [0.717, 1.165) is 11.3 Å². The summed E-state index contributed by atoms with van der Waals surface area (Å²) in [5, 5.41) is 13.8. The second-order valence-electron chi connectivity index (χ2n) is 8.78. The van der Waals surface area contributed by atoms with E-state index in [0.29, 0.717) is 46.1 Å². The van der Waals surface area contributed by atoms with Gasteiger partial charge in [-0.15, -0.1) is 0 Å². The van der Waals surface area contributed by atoms with Crippen LogP contribution in [0.25, 0.3) is 0 Å². The summed E-state index contributed by atoms with van der Waals surface area (Å²) in [7, 11) is 4.63. The molecule has 1 aliphatic carbocycles. The lowest BCUT2D eigenvalue weighted by atomic mass is 9.71. The molecule has 4 rings (SSSR count). The van der Waals surface area contributed by atoms with Crippen molar-refractivity contribution in [3.8, 4) is 23.0 Å². The smallest absolute Gasteiger partial charge is 0.336 e. The molecule has 190 valence electrons. The van der Waals surface area contributed by atoms with Crippen LogP contribution in [0.15, 0.2) is 58.9 Å². The Morgan fingerprint density at radius 3 is 2.28 bits per heavy atom. The minimum absolute atomic E-state index is 0.0667. The van der Waals surface area contributed by atoms with E-state index in [9.17, 15) is 14.7 Å². The average Bonchev–Trinajstić information content (AvgIpc) is 2.87. The fourth-order valence-corrected chi connectivity index (χ4v) is 5.08. The van der Waals surface area contributed by atoms with Gasteiger partial charge in [-0.2, -0.15) is 0 Å². The first kappa shape index (κ1) is 25.2. The minimum Gasteiger partial charge on any atom is -0.504 e. The molecular weight excluding hydrogens is 462 g/mol. The maximum atomic E-state index is 13.7.